The highest BCUT2D eigenvalue weighted by Gasteiger charge is 2.13. The first kappa shape index (κ1) is 21.3. The van der Waals surface area contributed by atoms with Gasteiger partial charge in [-0.25, -0.2) is 9.97 Å². The van der Waals surface area contributed by atoms with Crippen LogP contribution in [-0.2, 0) is 11.2 Å². The van der Waals surface area contributed by atoms with E-state index >= 15 is 0 Å². The first-order valence-corrected chi connectivity index (χ1v) is 10.9. The molecule has 1 fully saturated rings. The molecule has 1 aromatic heterocycles. The van der Waals surface area contributed by atoms with E-state index in [1.165, 1.54) is 5.56 Å². The number of morpholine rings is 1. The van der Waals surface area contributed by atoms with Crippen molar-refractivity contribution >= 4 is 22.4 Å². The minimum atomic E-state index is 0.619. The minimum absolute atomic E-state index is 0.619. The quantitative estimate of drug-likeness (QED) is 0.522. The van der Waals surface area contributed by atoms with Gasteiger partial charge in [0.05, 0.1) is 32.4 Å². The first-order valence-electron chi connectivity index (χ1n) is 10.9. The van der Waals surface area contributed by atoms with Crippen LogP contribution >= 0.6 is 0 Å². The van der Waals surface area contributed by atoms with Gasteiger partial charge < -0.3 is 19.5 Å². The Kier molecular flexibility index (Phi) is 7.17. The predicted molar refractivity (Wildman–Crippen MR) is 123 cm³/mol. The second kappa shape index (κ2) is 10.4. The van der Waals surface area contributed by atoms with E-state index in [2.05, 4.69) is 45.3 Å². The summed E-state index contributed by atoms with van der Waals surface area (Å²) >= 11 is 0. The maximum Gasteiger partial charge on any atom is 0.162 e. The maximum atomic E-state index is 6.10. The number of nitrogens with zero attached hydrogens (tertiary/aromatic N) is 3. The molecular weight excluding hydrogens is 392 g/mol. The molecule has 0 radical (unpaired) electrons. The largest absolute Gasteiger partial charge is 0.493 e. The highest BCUT2D eigenvalue weighted by atomic mass is 16.5. The fourth-order valence-electron chi connectivity index (χ4n) is 3.74. The third kappa shape index (κ3) is 5.42. The molecule has 1 N–H and O–H groups in total. The summed E-state index contributed by atoms with van der Waals surface area (Å²) in [6, 6.07) is 12.2. The smallest absolute Gasteiger partial charge is 0.162 e. The van der Waals surface area contributed by atoms with Gasteiger partial charge >= 0.3 is 0 Å². The van der Waals surface area contributed by atoms with E-state index in [1.54, 1.807) is 13.4 Å². The molecule has 7 nitrogen and oxygen atoms in total. The Morgan fingerprint density at radius 2 is 1.97 bits per heavy atom. The summed E-state index contributed by atoms with van der Waals surface area (Å²) in [5, 5.41) is 4.33. The molecule has 0 amide bonds. The van der Waals surface area contributed by atoms with Gasteiger partial charge in [-0.15, -0.1) is 0 Å². The fraction of sp³-hybridized carbons (Fsp3) is 0.417. The monoisotopic (exact) mass is 422 g/mol. The number of hydrogen-bond acceptors (Lipinski definition) is 7. The van der Waals surface area contributed by atoms with Crippen molar-refractivity contribution in [3.63, 3.8) is 0 Å². The average Bonchev–Trinajstić information content (AvgIpc) is 2.82. The summed E-state index contributed by atoms with van der Waals surface area (Å²) in [5.74, 6) is 2.13. The lowest BCUT2D eigenvalue weighted by atomic mass is 10.1. The molecule has 4 rings (SSSR count). The molecule has 2 aromatic carbocycles. The lowest BCUT2D eigenvalue weighted by molar-refractivity contribution is 0.0357. The zero-order valence-electron chi connectivity index (χ0n) is 18.3. The average molecular weight is 423 g/mol. The van der Waals surface area contributed by atoms with Crippen LogP contribution in [0.3, 0.4) is 0 Å². The van der Waals surface area contributed by atoms with Gasteiger partial charge in [-0.05, 0) is 36.6 Å². The van der Waals surface area contributed by atoms with Crippen LogP contribution in [-0.4, -0.2) is 61.4 Å². The van der Waals surface area contributed by atoms with Gasteiger partial charge in [-0.1, -0.05) is 19.1 Å². The van der Waals surface area contributed by atoms with E-state index in [0.717, 1.165) is 68.1 Å². The van der Waals surface area contributed by atoms with Crippen molar-refractivity contribution in [3.05, 3.63) is 48.3 Å². The number of hydrogen-bond donors (Lipinski definition) is 1. The third-order valence-electron chi connectivity index (χ3n) is 5.50. The number of methoxy groups -OCH3 is 1. The molecule has 2 heterocycles. The molecule has 31 heavy (non-hydrogen) atoms. The van der Waals surface area contributed by atoms with E-state index < -0.39 is 0 Å². The lowest BCUT2D eigenvalue weighted by Gasteiger charge is -2.26. The van der Waals surface area contributed by atoms with Crippen LogP contribution in [0.1, 0.15) is 18.9 Å². The van der Waals surface area contributed by atoms with E-state index in [1.807, 2.05) is 18.2 Å². The predicted octanol–water partition coefficient (Wildman–Crippen LogP) is 4.05. The standard InChI is InChI=1S/C24H30N4O3/c1-3-18-6-4-7-19(14-18)27-24-20-15-23(22(29-2)16-21(20)25-17-26-24)31-11-5-8-28-9-12-30-13-10-28/h4,6-7,14-17H,3,5,8-13H2,1-2H3,(H,25,26,27). The molecule has 0 saturated carbocycles. The van der Waals surface area contributed by atoms with Gasteiger partial charge in [0.1, 0.15) is 12.1 Å². The Morgan fingerprint density at radius 3 is 2.77 bits per heavy atom. The number of fused-ring (bicyclic) bond motifs is 1. The van der Waals surface area contributed by atoms with Crippen LogP contribution in [0.15, 0.2) is 42.7 Å². The van der Waals surface area contributed by atoms with Crippen LogP contribution < -0.4 is 14.8 Å². The van der Waals surface area contributed by atoms with Crippen molar-refractivity contribution in [2.24, 2.45) is 0 Å². The zero-order chi connectivity index (χ0) is 21.5. The lowest BCUT2D eigenvalue weighted by Crippen LogP contribution is -2.37. The van der Waals surface area contributed by atoms with E-state index in [0.29, 0.717) is 18.1 Å². The number of aryl methyl sites for hydroxylation is 1. The van der Waals surface area contributed by atoms with Gasteiger partial charge in [0.2, 0.25) is 0 Å². The SMILES string of the molecule is CCc1cccc(Nc2ncnc3cc(OC)c(OCCCN4CCOCC4)cc23)c1. The number of aromatic nitrogens is 2. The normalized spacial score (nSPS) is 14.5. The molecular formula is C24H30N4O3. The number of ether oxygens (including phenoxy) is 3. The van der Waals surface area contributed by atoms with E-state index in [4.69, 9.17) is 14.2 Å². The van der Waals surface area contributed by atoms with Crippen LogP contribution in [0.5, 0.6) is 11.5 Å². The highest BCUT2D eigenvalue weighted by Crippen LogP contribution is 2.34. The Balaban J connectivity index is 1.50. The highest BCUT2D eigenvalue weighted by molar-refractivity contribution is 5.93. The molecule has 1 aliphatic heterocycles. The molecule has 0 spiro atoms. The molecule has 0 unspecified atom stereocenters. The first-order chi connectivity index (χ1) is 15.3. The van der Waals surface area contributed by atoms with Crippen LogP contribution in [0.4, 0.5) is 11.5 Å². The molecule has 3 aromatic rings. The molecule has 0 atom stereocenters. The number of anilines is 2. The summed E-state index contributed by atoms with van der Waals surface area (Å²) < 4.78 is 17.1. The topological polar surface area (TPSA) is 68.7 Å². The minimum Gasteiger partial charge on any atom is -0.493 e. The number of rotatable bonds is 9. The Labute approximate surface area is 183 Å². The Hall–Kier alpha value is -2.90. The van der Waals surface area contributed by atoms with E-state index in [9.17, 15) is 0 Å². The van der Waals surface area contributed by atoms with Gasteiger partial charge in [-0.2, -0.15) is 0 Å². The van der Waals surface area contributed by atoms with Gasteiger partial charge in [-0.3, -0.25) is 4.90 Å². The Bertz CT molecular complexity index is 1010. The van der Waals surface area contributed by atoms with Gasteiger partial charge in [0.15, 0.2) is 11.5 Å². The summed E-state index contributed by atoms with van der Waals surface area (Å²) in [7, 11) is 1.65. The van der Waals surface area contributed by atoms with Crippen LogP contribution in [0.2, 0.25) is 0 Å². The van der Waals surface area contributed by atoms with Crippen LogP contribution in [0, 0.1) is 0 Å². The summed E-state index contributed by atoms with van der Waals surface area (Å²) in [6.45, 7) is 7.38. The molecule has 164 valence electrons. The van der Waals surface area contributed by atoms with Gasteiger partial charge in [0.25, 0.3) is 0 Å². The van der Waals surface area contributed by atoms with Crippen molar-refractivity contribution in [1.82, 2.24) is 14.9 Å². The Morgan fingerprint density at radius 1 is 1.10 bits per heavy atom. The molecule has 7 heteroatoms. The molecule has 0 bridgehead atoms. The third-order valence-corrected chi connectivity index (χ3v) is 5.50. The number of benzene rings is 2. The molecule has 1 saturated heterocycles. The zero-order valence-corrected chi connectivity index (χ0v) is 18.3. The van der Waals surface area contributed by atoms with Crippen molar-refractivity contribution in [2.75, 3.05) is 51.9 Å². The van der Waals surface area contributed by atoms with Crippen molar-refractivity contribution in [2.45, 2.75) is 19.8 Å². The fourth-order valence-corrected chi connectivity index (χ4v) is 3.74. The summed E-state index contributed by atoms with van der Waals surface area (Å²) in [4.78, 5) is 11.3. The second-order valence-corrected chi connectivity index (χ2v) is 7.58. The molecule has 0 aliphatic carbocycles. The van der Waals surface area contributed by atoms with Crippen molar-refractivity contribution in [3.8, 4) is 11.5 Å². The second-order valence-electron chi connectivity index (χ2n) is 7.58. The van der Waals surface area contributed by atoms with Gasteiger partial charge in [0, 0.05) is 36.8 Å². The van der Waals surface area contributed by atoms with Crippen molar-refractivity contribution in [1.29, 1.82) is 0 Å². The molecule has 1 aliphatic rings. The van der Waals surface area contributed by atoms with Crippen molar-refractivity contribution < 1.29 is 14.2 Å². The van der Waals surface area contributed by atoms with E-state index in [-0.39, 0.29) is 0 Å². The number of nitrogens with one attached hydrogen (secondary N) is 1. The maximum absolute atomic E-state index is 6.10. The summed E-state index contributed by atoms with van der Waals surface area (Å²) in [6.07, 6.45) is 3.50. The summed E-state index contributed by atoms with van der Waals surface area (Å²) in [5.41, 5.74) is 3.08. The van der Waals surface area contributed by atoms with Crippen LogP contribution in [0.25, 0.3) is 10.9 Å².